The maximum Gasteiger partial charge on any atom is 0.0547 e. The van der Waals surface area contributed by atoms with E-state index >= 15 is 0 Å². The molecule has 0 fully saturated rings. The lowest BCUT2D eigenvalue weighted by Gasteiger charge is -2.10. The lowest BCUT2D eigenvalue weighted by atomic mass is 10.3. The average molecular weight is 207 g/mol. The average Bonchev–Trinajstić information content (AvgIpc) is 2.18. The largest absolute Gasteiger partial charge is 0.311 e. The molecule has 0 radical (unpaired) electrons. The van der Waals surface area contributed by atoms with Gasteiger partial charge >= 0.3 is 0 Å². The summed E-state index contributed by atoms with van der Waals surface area (Å²) in [7, 11) is 4.12. The van der Waals surface area contributed by atoms with Gasteiger partial charge in [-0.05, 0) is 39.2 Å². The molecule has 0 amide bonds. The van der Waals surface area contributed by atoms with Gasteiger partial charge in [0.2, 0.25) is 0 Å². The van der Waals surface area contributed by atoms with Gasteiger partial charge in [0.25, 0.3) is 0 Å². The van der Waals surface area contributed by atoms with Crippen LogP contribution in [-0.4, -0.2) is 30.5 Å². The summed E-state index contributed by atoms with van der Waals surface area (Å²) in [5.74, 6) is 0. The van der Waals surface area contributed by atoms with E-state index in [4.69, 9.17) is 0 Å². The van der Waals surface area contributed by atoms with Crippen LogP contribution in [0.5, 0.6) is 0 Å². The van der Waals surface area contributed by atoms with Crippen molar-refractivity contribution in [3.8, 4) is 0 Å². The van der Waals surface area contributed by atoms with Gasteiger partial charge in [0, 0.05) is 13.1 Å². The predicted octanol–water partition coefficient (Wildman–Crippen LogP) is 1.64. The number of hydrogen-bond acceptors (Lipinski definition) is 3. The smallest absolute Gasteiger partial charge is 0.0547 e. The first-order chi connectivity index (χ1) is 7.22. The minimum Gasteiger partial charge on any atom is -0.311 e. The van der Waals surface area contributed by atoms with Crippen LogP contribution in [0.3, 0.4) is 0 Å². The molecule has 84 valence electrons. The molecule has 3 nitrogen and oxygen atoms in total. The Morgan fingerprint density at radius 3 is 2.67 bits per heavy atom. The van der Waals surface area contributed by atoms with Gasteiger partial charge in [-0.2, -0.15) is 0 Å². The van der Waals surface area contributed by atoms with E-state index in [9.17, 15) is 0 Å². The number of nitrogens with one attached hydrogen (secondary N) is 1. The van der Waals surface area contributed by atoms with E-state index in [0.29, 0.717) is 0 Å². The van der Waals surface area contributed by atoms with E-state index in [1.54, 1.807) is 0 Å². The normalized spacial score (nSPS) is 10.9. The molecule has 0 saturated heterocycles. The van der Waals surface area contributed by atoms with Crippen molar-refractivity contribution in [2.45, 2.75) is 26.4 Å². The van der Waals surface area contributed by atoms with Gasteiger partial charge in [-0.1, -0.05) is 13.0 Å². The maximum atomic E-state index is 4.58. The number of rotatable bonds is 6. The summed E-state index contributed by atoms with van der Waals surface area (Å²) in [5, 5.41) is 3.36. The van der Waals surface area contributed by atoms with Crippen LogP contribution in [0.1, 0.15) is 24.7 Å². The SMILES string of the molecule is CCCNCc1cccc(CN(C)C)n1. The van der Waals surface area contributed by atoms with E-state index in [-0.39, 0.29) is 0 Å². The molecule has 1 N–H and O–H groups in total. The first-order valence-electron chi connectivity index (χ1n) is 5.52. The Morgan fingerprint density at radius 1 is 1.27 bits per heavy atom. The first kappa shape index (κ1) is 12.1. The van der Waals surface area contributed by atoms with Gasteiger partial charge in [0.1, 0.15) is 0 Å². The highest BCUT2D eigenvalue weighted by atomic mass is 15.1. The van der Waals surface area contributed by atoms with Crippen LogP contribution in [0.2, 0.25) is 0 Å². The van der Waals surface area contributed by atoms with Crippen molar-refractivity contribution >= 4 is 0 Å². The zero-order chi connectivity index (χ0) is 11.1. The van der Waals surface area contributed by atoms with E-state index < -0.39 is 0 Å². The molecule has 15 heavy (non-hydrogen) atoms. The molecule has 3 heteroatoms. The third-order valence-corrected chi connectivity index (χ3v) is 2.08. The zero-order valence-corrected chi connectivity index (χ0v) is 9.95. The molecule has 0 aliphatic carbocycles. The second-order valence-electron chi connectivity index (χ2n) is 4.03. The Balaban J connectivity index is 2.50. The molecule has 1 aromatic rings. The molecule has 1 rings (SSSR count). The van der Waals surface area contributed by atoms with E-state index in [1.165, 1.54) is 0 Å². The number of hydrogen-bond donors (Lipinski definition) is 1. The van der Waals surface area contributed by atoms with Gasteiger partial charge < -0.3 is 10.2 Å². The van der Waals surface area contributed by atoms with Gasteiger partial charge in [0.05, 0.1) is 11.4 Å². The predicted molar refractivity (Wildman–Crippen MR) is 63.6 cm³/mol. The monoisotopic (exact) mass is 207 g/mol. The van der Waals surface area contributed by atoms with Crippen LogP contribution in [0.4, 0.5) is 0 Å². The summed E-state index contributed by atoms with van der Waals surface area (Å²) in [6.07, 6.45) is 1.16. The summed E-state index contributed by atoms with van der Waals surface area (Å²) < 4.78 is 0. The molecule has 1 heterocycles. The molecule has 0 spiro atoms. The minimum atomic E-state index is 0.870. The van der Waals surface area contributed by atoms with Crippen molar-refractivity contribution in [2.24, 2.45) is 0 Å². The second-order valence-corrected chi connectivity index (χ2v) is 4.03. The van der Waals surface area contributed by atoms with Crippen molar-refractivity contribution in [1.82, 2.24) is 15.2 Å². The van der Waals surface area contributed by atoms with Crippen LogP contribution >= 0.6 is 0 Å². The molecule has 0 aromatic carbocycles. The summed E-state index contributed by atoms with van der Waals surface area (Å²) in [5.41, 5.74) is 2.26. The summed E-state index contributed by atoms with van der Waals surface area (Å²) in [4.78, 5) is 6.71. The molecule has 0 aliphatic rings. The van der Waals surface area contributed by atoms with Crippen molar-refractivity contribution in [3.63, 3.8) is 0 Å². The summed E-state index contributed by atoms with van der Waals surface area (Å²) in [6, 6.07) is 6.22. The highest BCUT2D eigenvalue weighted by Gasteiger charge is 1.98. The lowest BCUT2D eigenvalue weighted by Crippen LogP contribution is -2.16. The molecule has 0 aliphatic heterocycles. The molecule has 0 unspecified atom stereocenters. The summed E-state index contributed by atoms with van der Waals surface area (Å²) >= 11 is 0. The van der Waals surface area contributed by atoms with Crippen LogP contribution in [0.25, 0.3) is 0 Å². The highest BCUT2D eigenvalue weighted by molar-refractivity contribution is 5.11. The van der Waals surface area contributed by atoms with Crippen LogP contribution < -0.4 is 5.32 Å². The topological polar surface area (TPSA) is 28.2 Å². The lowest BCUT2D eigenvalue weighted by molar-refractivity contribution is 0.396. The van der Waals surface area contributed by atoms with Crippen molar-refractivity contribution in [3.05, 3.63) is 29.6 Å². The maximum absolute atomic E-state index is 4.58. The van der Waals surface area contributed by atoms with Gasteiger partial charge in [-0.15, -0.1) is 0 Å². The van der Waals surface area contributed by atoms with E-state index in [2.05, 4.69) is 54.4 Å². The molecule has 1 aromatic heterocycles. The second kappa shape index (κ2) is 6.53. The molecule has 0 bridgehead atoms. The Labute approximate surface area is 92.5 Å². The van der Waals surface area contributed by atoms with E-state index in [1.807, 2.05) is 0 Å². The third-order valence-electron chi connectivity index (χ3n) is 2.08. The van der Waals surface area contributed by atoms with Crippen molar-refractivity contribution in [1.29, 1.82) is 0 Å². The number of aromatic nitrogens is 1. The fourth-order valence-electron chi connectivity index (χ4n) is 1.43. The quantitative estimate of drug-likeness (QED) is 0.719. The number of nitrogens with zero attached hydrogens (tertiary/aromatic N) is 2. The zero-order valence-electron chi connectivity index (χ0n) is 9.95. The van der Waals surface area contributed by atoms with Crippen LogP contribution in [0, 0.1) is 0 Å². The molecular formula is C12H21N3. The highest BCUT2D eigenvalue weighted by Crippen LogP contribution is 2.01. The van der Waals surface area contributed by atoms with E-state index in [0.717, 1.165) is 37.4 Å². The molecule has 0 atom stereocenters. The Bertz CT molecular complexity index is 284. The van der Waals surface area contributed by atoms with Gasteiger partial charge in [-0.25, -0.2) is 0 Å². The van der Waals surface area contributed by atoms with Crippen molar-refractivity contribution < 1.29 is 0 Å². The third kappa shape index (κ3) is 4.91. The van der Waals surface area contributed by atoms with Crippen molar-refractivity contribution in [2.75, 3.05) is 20.6 Å². The fraction of sp³-hybridized carbons (Fsp3) is 0.583. The number of pyridine rings is 1. The Kier molecular flexibility index (Phi) is 5.29. The fourth-order valence-corrected chi connectivity index (χ4v) is 1.43. The summed E-state index contributed by atoms with van der Waals surface area (Å²) in [6.45, 7) is 5.00. The van der Waals surface area contributed by atoms with Crippen LogP contribution in [-0.2, 0) is 13.1 Å². The Morgan fingerprint density at radius 2 is 2.00 bits per heavy atom. The molecule has 0 saturated carbocycles. The molecular weight excluding hydrogens is 186 g/mol. The Hall–Kier alpha value is -0.930. The van der Waals surface area contributed by atoms with Crippen LogP contribution in [0.15, 0.2) is 18.2 Å². The standard InChI is InChI=1S/C12H21N3/c1-4-8-13-9-11-6-5-7-12(14-11)10-15(2)3/h5-7,13H,4,8-10H2,1-3H3. The minimum absolute atomic E-state index is 0.870. The van der Waals surface area contributed by atoms with Gasteiger partial charge in [-0.3, -0.25) is 4.98 Å². The van der Waals surface area contributed by atoms with Gasteiger partial charge in [0.15, 0.2) is 0 Å². The first-order valence-corrected chi connectivity index (χ1v) is 5.52.